The Kier molecular flexibility index (Phi) is 4.96. The van der Waals surface area contributed by atoms with Gasteiger partial charge in [-0.3, -0.25) is 0 Å². The van der Waals surface area contributed by atoms with Crippen molar-refractivity contribution in [2.24, 2.45) is 5.92 Å². The molecule has 1 aliphatic rings. The van der Waals surface area contributed by atoms with Crippen LogP contribution >= 0.6 is 0 Å². The minimum Gasteiger partial charge on any atom is -0.475 e. The van der Waals surface area contributed by atoms with Crippen molar-refractivity contribution >= 4 is 5.95 Å². The molecule has 0 radical (unpaired) electrons. The molecule has 2 heterocycles. The number of nitrogens with one attached hydrogen (secondary N) is 1. The lowest BCUT2D eigenvalue weighted by Crippen LogP contribution is -2.25. The van der Waals surface area contributed by atoms with Crippen LogP contribution in [0, 0.1) is 12.8 Å². The smallest absolute Gasteiger partial charge is 0.226 e. The summed E-state index contributed by atoms with van der Waals surface area (Å²) in [6.07, 6.45) is 2.46. The van der Waals surface area contributed by atoms with Gasteiger partial charge in [-0.15, -0.1) is 0 Å². The molecule has 0 aromatic carbocycles. The highest BCUT2D eigenvalue weighted by Gasteiger charge is 2.14. The zero-order chi connectivity index (χ0) is 13.7. The van der Waals surface area contributed by atoms with E-state index in [0.29, 0.717) is 17.7 Å². The maximum absolute atomic E-state index is 5.61. The normalized spacial score (nSPS) is 19.5. The van der Waals surface area contributed by atoms with Crippen molar-refractivity contribution in [3.05, 3.63) is 11.8 Å². The third-order valence-electron chi connectivity index (χ3n) is 2.99. The maximum Gasteiger partial charge on any atom is 0.226 e. The number of rotatable bonds is 5. The van der Waals surface area contributed by atoms with Crippen LogP contribution in [0.2, 0.25) is 0 Å². The van der Waals surface area contributed by atoms with Gasteiger partial charge in [-0.05, 0) is 39.5 Å². The quantitative estimate of drug-likeness (QED) is 0.886. The molecule has 1 N–H and O–H groups in total. The topological polar surface area (TPSA) is 56.3 Å². The minimum atomic E-state index is 0.119. The first-order valence-electron chi connectivity index (χ1n) is 6.97. The van der Waals surface area contributed by atoms with E-state index in [1.807, 2.05) is 26.8 Å². The van der Waals surface area contributed by atoms with Gasteiger partial charge in [0.15, 0.2) is 0 Å². The third-order valence-corrected chi connectivity index (χ3v) is 2.99. The molecule has 0 aliphatic carbocycles. The number of hydrogen-bond acceptors (Lipinski definition) is 5. The van der Waals surface area contributed by atoms with Gasteiger partial charge in [0.25, 0.3) is 0 Å². The molecule has 1 aromatic rings. The molecule has 1 aliphatic heterocycles. The van der Waals surface area contributed by atoms with Gasteiger partial charge in [-0.1, -0.05) is 0 Å². The van der Waals surface area contributed by atoms with Crippen molar-refractivity contribution in [1.29, 1.82) is 0 Å². The number of aromatic nitrogens is 2. The van der Waals surface area contributed by atoms with Gasteiger partial charge in [-0.25, -0.2) is 4.98 Å². The fourth-order valence-corrected chi connectivity index (χ4v) is 2.12. The Bertz CT molecular complexity index is 404. The van der Waals surface area contributed by atoms with Crippen molar-refractivity contribution in [2.45, 2.75) is 39.7 Å². The first-order chi connectivity index (χ1) is 9.13. The van der Waals surface area contributed by atoms with Crippen LogP contribution in [0.15, 0.2) is 6.07 Å². The van der Waals surface area contributed by atoms with Crippen molar-refractivity contribution in [3.63, 3.8) is 0 Å². The molecule has 1 atom stereocenters. The Morgan fingerprint density at radius 2 is 2.32 bits per heavy atom. The van der Waals surface area contributed by atoms with Crippen LogP contribution in [-0.4, -0.2) is 35.8 Å². The van der Waals surface area contributed by atoms with E-state index >= 15 is 0 Å². The van der Waals surface area contributed by atoms with Gasteiger partial charge in [0.1, 0.15) is 0 Å². The van der Waals surface area contributed by atoms with Crippen molar-refractivity contribution in [2.75, 3.05) is 25.1 Å². The number of anilines is 1. The van der Waals surface area contributed by atoms with Gasteiger partial charge in [-0.2, -0.15) is 4.98 Å². The van der Waals surface area contributed by atoms with Crippen LogP contribution in [0.25, 0.3) is 0 Å². The molecule has 0 spiro atoms. The van der Waals surface area contributed by atoms with Crippen LogP contribution < -0.4 is 10.1 Å². The Hall–Kier alpha value is -1.36. The average Bonchev–Trinajstić information content (AvgIpc) is 2.36. The fraction of sp³-hybridized carbons (Fsp3) is 0.714. The van der Waals surface area contributed by atoms with Gasteiger partial charge in [0, 0.05) is 24.9 Å². The molecule has 5 heteroatoms. The van der Waals surface area contributed by atoms with E-state index in [-0.39, 0.29) is 6.10 Å². The standard InChI is InChI=1S/C14H23N3O2/c1-10(2)19-13-7-11(3)16-14(17-13)15-8-12-5-4-6-18-9-12/h7,10,12H,4-6,8-9H2,1-3H3,(H,15,16,17). The summed E-state index contributed by atoms with van der Waals surface area (Å²) in [5, 5.41) is 3.29. The second-order valence-corrected chi connectivity index (χ2v) is 5.30. The Balaban J connectivity index is 1.93. The SMILES string of the molecule is Cc1cc(OC(C)C)nc(NCC2CCCOC2)n1. The molecule has 1 aromatic heterocycles. The lowest BCUT2D eigenvalue weighted by molar-refractivity contribution is 0.0594. The molecule has 106 valence electrons. The van der Waals surface area contributed by atoms with Crippen molar-refractivity contribution in [1.82, 2.24) is 9.97 Å². The van der Waals surface area contributed by atoms with Crippen LogP contribution in [0.1, 0.15) is 32.4 Å². The molecule has 1 fully saturated rings. The van der Waals surface area contributed by atoms with E-state index < -0.39 is 0 Å². The van der Waals surface area contributed by atoms with E-state index in [4.69, 9.17) is 9.47 Å². The highest BCUT2D eigenvalue weighted by molar-refractivity contribution is 5.30. The van der Waals surface area contributed by atoms with Gasteiger partial charge in [0.05, 0.1) is 12.7 Å². The Morgan fingerprint density at radius 1 is 1.47 bits per heavy atom. The third kappa shape index (κ3) is 4.67. The Morgan fingerprint density at radius 3 is 3.00 bits per heavy atom. The van der Waals surface area contributed by atoms with E-state index in [9.17, 15) is 0 Å². The fourth-order valence-electron chi connectivity index (χ4n) is 2.12. The summed E-state index contributed by atoms with van der Waals surface area (Å²) >= 11 is 0. The van der Waals surface area contributed by atoms with E-state index in [1.165, 1.54) is 6.42 Å². The summed E-state index contributed by atoms with van der Waals surface area (Å²) in [5.41, 5.74) is 0.910. The highest BCUT2D eigenvalue weighted by Crippen LogP contribution is 2.16. The summed E-state index contributed by atoms with van der Waals surface area (Å²) in [6, 6.07) is 1.86. The molecule has 0 saturated carbocycles. The van der Waals surface area contributed by atoms with E-state index in [2.05, 4.69) is 15.3 Å². The summed E-state index contributed by atoms with van der Waals surface area (Å²) in [7, 11) is 0. The van der Waals surface area contributed by atoms with E-state index in [1.54, 1.807) is 0 Å². The van der Waals surface area contributed by atoms with Gasteiger partial charge >= 0.3 is 0 Å². The number of nitrogens with zero attached hydrogens (tertiary/aromatic N) is 2. The first-order valence-corrected chi connectivity index (χ1v) is 6.97. The van der Waals surface area contributed by atoms with Crippen LogP contribution in [0.3, 0.4) is 0 Å². The molecular formula is C14H23N3O2. The maximum atomic E-state index is 5.61. The molecule has 0 amide bonds. The van der Waals surface area contributed by atoms with Crippen molar-refractivity contribution in [3.8, 4) is 5.88 Å². The van der Waals surface area contributed by atoms with Crippen molar-refractivity contribution < 1.29 is 9.47 Å². The molecule has 19 heavy (non-hydrogen) atoms. The highest BCUT2D eigenvalue weighted by atomic mass is 16.5. The van der Waals surface area contributed by atoms with Gasteiger partial charge in [0.2, 0.25) is 11.8 Å². The summed E-state index contributed by atoms with van der Waals surface area (Å²) in [5.74, 6) is 1.82. The summed E-state index contributed by atoms with van der Waals surface area (Å²) in [6.45, 7) is 8.50. The van der Waals surface area contributed by atoms with Gasteiger partial charge < -0.3 is 14.8 Å². The number of ether oxygens (including phenoxy) is 2. The van der Waals surface area contributed by atoms with E-state index in [0.717, 1.165) is 31.9 Å². The predicted octanol–water partition coefficient (Wildman–Crippen LogP) is 2.41. The molecule has 2 rings (SSSR count). The second-order valence-electron chi connectivity index (χ2n) is 5.30. The summed E-state index contributed by atoms with van der Waals surface area (Å²) < 4.78 is 11.1. The number of hydrogen-bond donors (Lipinski definition) is 1. The molecular weight excluding hydrogens is 242 g/mol. The number of aryl methyl sites for hydroxylation is 1. The zero-order valence-corrected chi connectivity index (χ0v) is 12.0. The zero-order valence-electron chi connectivity index (χ0n) is 12.0. The molecule has 0 bridgehead atoms. The molecule has 5 nitrogen and oxygen atoms in total. The molecule has 1 saturated heterocycles. The first kappa shape index (κ1) is 14.1. The largest absolute Gasteiger partial charge is 0.475 e. The lowest BCUT2D eigenvalue weighted by atomic mass is 10.0. The predicted molar refractivity (Wildman–Crippen MR) is 74.6 cm³/mol. The van der Waals surface area contributed by atoms with Crippen LogP contribution in [0.4, 0.5) is 5.95 Å². The lowest BCUT2D eigenvalue weighted by Gasteiger charge is -2.22. The van der Waals surface area contributed by atoms with Crippen LogP contribution in [0.5, 0.6) is 5.88 Å². The van der Waals surface area contributed by atoms with Crippen LogP contribution in [-0.2, 0) is 4.74 Å². The monoisotopic (exact) mass is 265 g/mol. The second kappa shape index (κ2) is 6.70. The molecule has 1 unspecified atom stereocenters. The average molecular weight is 265 g/mol. The Labute approximate surface area is 114 Å². The minimum absolute atomic E-state index is 0.119. The summed E-state index contributed by atoms with van der Waals surface area (Å²) in [4.78, 5) is 8.76.